The van der Waals surface area contributed by atoms with E-state index in [0.29, 0.717) is 0 Å². The standard InChI is InChI=1S/C4ClN3O3/c5-4(6-1-9,7-2-10)8-3-11. The van der Waals surface area contributed by atoms with Gasteiger partial charge in [0.05, 0.1) is 0 Å². The Balaban J connectivity index is 4.94. The molecule has 0 unspecified atom stereocenters. The molecule has 0 fully saturated rings. The van der Waals surface area contributed by atoms with Crippen molar-refractivity contribution >= 4 is 29.8 Å². The van der Waals surface area contributed by atoms with Crippen molar-refractivity contribution in [2.75, 3.05) is 0 Å². The largest absolute Gasteiger partial charge is 0.357 e. The fourth-order valence-electron chi connectivity index (χ4n) is 0.249. The maximum absolute atomic E-state index is 9.61. The number of hydrogen-bond acceptors (Lipinski definition) is 6. The van der Waals surface area contributed by atoms with E-state index in [4.69, 9.17) is 11.6 Å². The average molecular weight is 174 g/mol. The predicted molar refractivity (Wildman–Crippen MR) is 32.9 cm³/mol. The minimum Gasteiger partial charge on any atom is -0.211 e. The Morgan fingerprint density at radius 2 is 1.18 bits per heavy atom. The Morgan fingerprint density at radius 1 is 0.909 bits per heavy atom. The molecule has 0 aliphatic rings. The third kappa shape index (κ3) is 3.20. The topological polar surface area (TPSA) is 88.3 Å². The van der Waals surface area contributed by atoms with Crippen LogP contribution >= 0.6 is 11.6 Å². The van der Waals surface area contributed by atoms with Gasteiger partial charge >= 0.3 is 5.25 Å². The number of isocyanates is 3. The summed E-state index contributed by atoms with van der Waals surface area (Å²) < 4.78 is 0. The number of alkyl halides is 1. The molecule has 0 aromatic carbocycles. The third-order valence-corrected chi connectivity index (χ3v) is 0.817. The first kappa shape index (κ1) is 9.43. The van der Waals surface area contributed by atoms with Gasteiger partial charge in [-0.1, -0.05) is 0 Å². The van der Waals surface area contributed by atoms with E-state index in [9.17, 15) is 14.4 Å². The molecule has 0 aromatic rings. The van der Waals surface area contributed by atoms with Crippen molar-refractivity contribution < 1.29 is 14.4 Å². The van der Waals surface area contributed by atoms with Crippen molar-refractivity contribution in [3.8, 4) is 0 Å². The summed E-state index contributed by atoms with van der Waals surface area (Å²) in [5.74, 6) is 0. The zero-order chi connectivity index (χ0) is 8.74. The SMILES string of the molecule is O=C=NC(Cl)(N=C=O)N=C=O. The lowest BCUT2D eigenvalue weighted by atomic mass is 10.9. The maximum atomic E-state index is 9.61. The summed E-state index contributed by atoms with van der Waals surface area (Å²) in [6, 6.07) is 0. The van der Waals surface area contributed by atoms with Gasteiger partial charge in [-0.2, -0.15) is 0 Å². The lowest BCUT2D eigenvalue weighted by Crippen LogP contribution is -2.09. The van der Waals surface area contributed by atoms with Gasteiger partial charge in [0.2, 0.25) is 18.2 Å². The molecule has 0 aliphatic heterocycles. The molecule has 0 amide bonds. The first-order valence-corrected chi connectivity index (χ1v) is 2.52. The average Bonchev–Trinajstić information content (AvgIpc) is 1.88. The normalized spacial score (nSPS) is 12.8. The van der Waals surface area contributed by atoms with Crippen LogP contribution in [0.5, 0.6) is 0 Å². The van der Waals surface area contributed by atoms with Crippen LogP contribution in [0.15, 0.2) is 15.0 Å². The second-order valence-electron chi connectivity index (χ2n) is 1.16. The lowest BCUT2D eigenvalue weighted by Gasteiger charge is -2.00. The highest BCUT2D eigenvalue weighted by Crippen LogP contribution is 2.17. The molecule has 0 saturated heterocycles. The number of hydrogen-bond donors (Lipinski definition) is 0. The summed E-state index contributed by atoms with van der Waals surface area (Å²) in [7, 11) is 0. The van der Waals surface area contributed by atoms with Crippen molar-refractivity contribution in [2.45, 2.75) is 5.25 Å². The number of nitrogens with zero attached hydrogens (tertiary/aromatic N) is 3. The van der Waals surface area contributed by atoms with Crippen molar-refractivity contribution in [1.29, 1.82) is 0 Å². The van der Waals surface area contributed by atoms with Crippen LogP contribution in [-0.4, -0.2) is 23.5 Å². The van der Waals surface area contributed by atoms with Gasteiger partial charge in [0, 0.05) is 0 Å². The second-order valence-corrected chi connectivity index (χ2v) is 1.67. The highest BCUT2D eigenvalue weighted by molar-refractivity contribution is 6.24. The minimum absolute atomic E-state index is 0.976. The maximum Gasteiger partial charge on any atom is 0.357 e. The molecule has 0 aromatic heterocycles. The number of halogens is 1. The van der Waals surface area contributed by atoms with Gasteiger partial charge in [-0.25, -0.2) is 14.4 Å². The lowest BCUT2D eigenvalue weighted by molar-refractivity contribution is 0.534. The number of rotatable bonds is 3. The molecule has 0 atom stereocenters. The van der Waals surface area contributed by atoms with Crippen LogP contribution in [0.25, 0.3) is 0 Å². The first-order chi connectivity index (χ1) is 5.18. The second kappa shape index (κ2) is 4.28. The van der Waals surface area contributed by atoms with Gasteiger partial charge in [-0.3, -0.25) is 0 Å². The molecular formula is C4ClN3O3. The van der Waals surface area contributed by atoms with Crippen LogP contribution < -0.4 is 0 Å². The molecule has 0 aliphatic carbocycles. The predicted octanol–water partition coefficient (Wildman–Crippen LogP) is -0.156. The summed E-state index contributed by atoms with van der Waals surface area (Å²) in [6.45, 7) is 0. The van der Waals surface area contributed by atoms with Gasteiger partial charge in [0.1, 0.15) is 0 Å². The molecule has 0 spiro atoms. The molecule has 6 nitrogen and oxygen atoms in total. The summed E-state index contributed by atoms with van der Waals surface area (Å²) >= 11 is 5.15. The van der Waals surface area contributed by atoms with Crippen LogP contribution in [0.2, 0.25) is 0 Å². The van der Waals surface area contributed by atoms with Gasteiger partial charge in [0.15, 0.2) is 0 Å². The zero-order valence-corrected chi connectivity index (χ0v) is 5.70. The molecule has 0 N–H and O–H groups in total. The molecule has 7 heteroatoms. The van der Waals surface area contributed by atoms with Crippen LogP contribution in [0.3, 0.4) is 0 Å². The molecular weight excluding hydrogens is 174 g/mol. The Morgan fingerprint density at radius 3 is 1.36 bits per heavy atom. The molecule has 0 radical (unpaired) electrons. The number of carbonyl (C=O) groups excluding carboxylic acids is 3. The van der Waals surface area contributed by atoms with Gasteiger partial charge < -0.3 is 0 Å². The van der Waals surface area contributed by atoms with Crippen LogP contribution in [0.1, 0.15) is 0 Å². The highest BCUT2D eigenvalue weighted by atomic mass is 35.5. The van der Waals surface area contributed by atoms with Crippen LogP contribution in [0.4, 0.5) is 0 Å². The van der Waals surface area contributed by atoms with E-state index in [1.54, 1.807) is 0 Å². The quantitative estimate of drug-likeness (QED) is 0.257. The first-order valence-electron chi connectivity index (χ1n) is 2.14. The number of aliphatic imine (C=N–C) groups is 3. The van der Waals surface area contributed by atoms with E-state index in [0.717, 1.165) is 18.2 Å². The van der Waals surface area contributed by atoms with E-state index >= 15 is 0 Å². The summed E-state index contributed by atoms with van der Waals surface area (Å²) in [5, 5.41) is -2.27. The fraction of sp³-hybridized carbons (Fsp3) is 0.250. The molecule has 0 bridgehead atoms. The van der Waals surface area contributed by atoms with Gasteiger partial charge in [-0.15, -0.1) is 15.0 Å². The van der Waals surface area contributed by atoms with Crippen molar-refractivity contribution in [3.05, 3.63) is 0 Å². The molecule has 0 heterocycles. The van der Waals surface area contributed by atoms with Crippen molar-refractivity contribution in [2.24, 2.45) is 15.0 Å². The smallest absolute Gasteiger partial charge is 0.211 e. The fourth-order valence-corrected chi connectivity index (χ4v) is 0.353. The Labute approximate surface area is 65.3 Å². The highest BCUT2D eigenvalue weighted by Gasteiger charge is 2.24. The minimum atomic E-state index is -2.27. The zero-order valence-electron chi connectivity index (χ0n) is 4.94. The van der Waals surface area contributed by atoms with E-state index in [1.807, 2.05) is 0 Å². The molecule has 0 rings (SSSR count). The van der Waals surface area contributed by atoms with Crippen LogP contribution in [0, 0.1) is 0 Å². The van der Waals surface area contributed by atoms with Gasteiger partial charge in [0.25, 0.3) is 0 Å². The van der Waals surface area contributed by atoms with E-state index in [1.165, 1.54) is 0 Å². The van der Waals surface area contributed by atoms with Gasteiger partial charge in [-0.05, 0) is 11.6 Å². The monoisotopic (exact) mass is 173 g/mol. The Kier molecular flexibility index (Phi) is 3.67. The van der Waals surface area contributed by atoms with Crippen molar-refractivity contribution in [3.63, 3.8) is 0 Å². The summed E-state index contributed by atoms with van der Waals surface area (Å²) in [5.41, 5.74) is 0. The molecule has 11 heavy (non-hydrogen) atoms. The molecule has 0 saturated carbocycles. The Bertz CT molecular complexity index is 237. The van der Waals surface area contributed by atoms with E-state index in [2.05, 4.69) is 15.0 Å². The summed E-state index contributed by atoms with van der Waals surface area (Å²) in [4.78, 5) is 37.1. The summed E-state index contributed by atoms with van der Waals surface area (Å²) in [6.07, 6.45) is 2.93. The van der Waals surface area contributed by atoms with Crippen LogP contribution in [-0.2, 0) is 14.4 Å². The Hall–Kier alpha value is -1.57. The molecule has 56 valence electrons. The third-order valence-electron chi connectivity index (χ3n) is 0.564. The van der Waals surface area contributed by atoms with E-state index in [-0.39, 0.29) is 0 Å². The van der Waals surface area contributed by atoms with Crippen molar-refractivity contribution in [1.82, 2.24) is 0 Å². The van der Waals surface area contributed by atoms with E-state index < -0.39 is 5.25 Å².